The molecule has 1 aromatic carbocycles. The number of methoxy groups -OCH3 is 2. The summed E-state index contributed by atoms with van der Waals surface area (Å²) in [5, 5.41) is 30.2. The van der Waals surface area contributed by atoms with Crippen LogP contribution in [0.1, 0.15) is 31.7 Å². The van der Waals surface area contributed by atoms with E-state index in [0.717, 1.165) is 11.4 Å². The highest BCUT2D eigenvalue weighted by Crippen LogP contribution is 2.41. The molecule has 0 saturated heterocycles. The molecule has 25 heavy (non-hydrogen) atoms. The Morgan fingerprint density at radius 3 is 2.16 bits per heavy atom. The molecule has 1 aliphatic rings. The number of nitrogens with zero attached hydrogens (tertiary/aromatic N) is 1. The summed E-state index contributed by atoms with van der Waals surface area (Å²) in [5.41, 5.74) is 2.22. The highest BCUT2D eigenvalue weighted by atomic mass is 16.5. The minimum atomic E-state index is -0.987. The van der Waals surface area contributed by atoms with E-state index < -0.39 is 18.1 Å². The van der Waals surface area contributed by atoms with Gasteiger partial charge in [-0.2, -0.15) is 0 Å². The Morgan fingerprint density at radius 1 is 1.28 bits per heavy atom. The maximum atomic E-state index is 11.5. The molecule has 0 saturated carbocycles. The quantitative estimate of drug-likeness (QED) is 0.599. The number of carboxylic acids is 1. The number of benzene rings is 1. The number of ether oxygens (including phenoxy) is 2. The Hall–Kier alpha value is -2.45. The largest absolute Gasteiger partial charge is 0.502 e. The average molecular weight is 353 g/mol. The van der Waals surface area contributed by atoms with Crippen molar-refractivity contribution in [1.29, 1.82) is 0 Å². The van der Waals surface area contributed by atoms with E-state index in [0.29, 0.717) is 5.56 Å². The van der Waals surface area contributed by atoms with Crippen molar-refractivity contribution in [3.63, 3.8) is 0 Å². The Labute approximate surface area is 146 Å². The zero-order valence-electron chi connectivity index (χ0n) is 15.0. The van der Waals surface area contributed by atoms with Gasteiger partial charge in [0.15, 0.2) is 17.2 Å². The fraction of sp³-hybridized carbons (Fsp3) is 0.471. The van der Waals surface area contributed by atoms with Crippen LogP contribution in [-0.4, -0.2) is 53.7 Å². The number of allylic oxidation sites excluding steroid dienone is 2. The third-order valence-electron chi connectivity index (χ3n) is 4.86. The van der Waals surface area contributed by atoms with Crippen LogP contribution in [0, 0.1) is 0 Å². The van der Waals surface area contributed by atoms with Crippen LogP contribution in [-0.2, 0) is 4.79 Å². The minimum absolute atomic E-state index is 0.150. The van der Waals surface area contributed by atoms with Gasteiger partial charge in [0.05, 0.1) is 32.3 Å². The number of carbonyl (C=O) groups is 1. The van der Waals surface area contributed by atoms with Crippen LogP contribution < -0.4 is 14.5 Å². The Bertz CT molecular complexity index is 659. The first kappa shape index (κ1) is 18.9. The summed E-state index contributed by atoms with van der Waals surface area (Å²) in [4.78, 5) is 13.3. The fourth-order valence-corrected chi connectivity index (χ4v) is 3.25. The molecule has 0 bridgehead atoms. The minimum Gasteiger partial charge on any atom is -0.502 e. The van der Waals surface area contributed by atoms with Crippen molar-refractivity contribution in [1.82, 2.24) is 4.90 Å². The molecule has 4 N–H and O–H groups in total. The normalized spacial score (nSPS) is 21.4. The third-order valence-corrected chi connectivity index (χ3v) is 4.86. The predicted molar refractivity (Wildman–Crippen MR) is 88.9 cm³/mol. The van der Waals surface area contributed by atoms with Crippen molar-refractivity contribution in [2.75, 3.05) is 21.3 Å². The van der Waals surface area contributed by atoms with E-state index >= 15 is 0 Å². The first-order chi connectivity index (χ1) is 11.7. The van der Waals surface area contributed by atoms with Gasteiger partial charge in [0.1, 0.15) is 0 Å². The monoisotopic (exact) mass is 353 g/mol. The van der Waals surface area contributed by atoms with Gasteiger partial charge in [0.2, 0.25) is 11.9 Å². The van der Waals surface area contributed by atoms with Crippen molar-refractivity contribution < 1.29 is 34.8 Å². The second-order valence-electron chi connectivity index (χ2n) is 6.13. The number of phenolic OH excluding ortho intramolecular Hbond substituents is 1. The molecule has 8 heteroatoms. The Kier molecular flexibility index (Phi) is 5.44. The first-order valence-electron chi connectivity index (χ1n) is 7.86. The topological polar surface area (TPSA) is 104 Å². The van der Waals surface area contributed by atoms with E-state index in [9.17, 15) is 20.2 Å². The van der Waals surface area contributed by atoms with Crippen LogP contribution in [0.3, 0.4) is 0 Å². The molecule has 8 nitrogen and oxygen atoms in total. The van der Waals surface area contributed by atoms with Gasteiger partial charge in [-0.3, -0.25) is 4.79 Å². The van der Waals surface area contributed by atoms with Crippen LogP contribution in [0.4, 0.5) is 0 Å². The molecule has 2 rings (SSSR count). The molecule has 0 spiro atoms. The number of hydrogen-bond acceptors (Lipinski definition) is 6. The van der Waals surface area contributed by atoms with Gasteiger partial charge in [-0.15, -0.1) is 5.06 Å². The molecule has 0 aromatic heterocycles. The standard InChI is InChI=1S/C17H24N2O6/c1-9-10(2)19(23)17(18(9)3)12(8-15(20)21)11-6-13(24-4)16(22)14(7-11)25-5/h6-7,12,17,22-23H,8H2,1-5H3,(H,20,21)/p+1. The van der Waals surface area contributed by atoms with Crippen molar-refractivity contribution in [3.05, 3.63) is 29.1 Å². The van der Waals surface area contributed by atoms with E-state index in [1.165, 1.54) is 14.2 Å². The van der Waals surface area contributed by atoms with Crippen LogP contribution in [0.2, 0.25) is 0 Å². The van der Waals surface area contributed by atoms with Gasteiger partial charge in [-0.25, -0.2) is 5.21 Å². The number of aromatic hydroxyl groups is 1. The van der Waals surface area contributed by atoms with Crippen LogP contribution in [0.15, 0.2) is 23.5 Å². The summed E-state index contributed by atoms with van der Waals surface area (Å²) in [6, 6.07) is 3.16. The van der Waals surface area contributed by atoms with Gasteiger partial charge >= 0.3 is 5.97 Å². The Balaban J connectivity index is 2.54. The number of likely N-dealkylation sites (N-methyl/N-ethyl adjacent to an activating group) is 1. The molecular formula is C17H25N2O6+. The molecule has 1 heterocycles. The lowest BCUT2D eigenvalue weighted by molar-refractivity contribution is -1.08. The number of nitrogens with one attached hydrogen (secondary N) is 1. The zero-order valence-corrected chi connectivity index (χ0v) is 15.0. The fourth-order valence-electron chi connectivity index (χ4n) is 3.25. The molecule has 0 radical (unpaired) electrons. The highest BCUT2D eigenvalue weighted by Gasteiger charge is 2.44. The summed E-state index contributed by atoms with van der Waals surface area (Å²) in [6.07, 6.45) is -0.716. The van der Waals surface area contributed by atoms with E-state index in [2.05, 4.69) is 0 Å². The van der Waals surface area contributed by atoms with Crippen LogP contribution in [0.25, 0.3) is 0 Å². The maximum Gasteiger partial charge on any atom is 0.304 e. The second-order valence-corrected chi connectivity index (χ2v) is 6.13. The van der Waals surface area contributed by atoms with Gasteiger partial charge in [-0.1, -0.05) is 0 Å². The van der Waals surface area contributed by atoms with Crippen LogP contribution in [0.5, 0.6) is 17.2 Å². The van der Waals surface area contributed by atoms with Crippen LogP contribution >= 0.6 is 0 Å². The lowest BCUT2D eigenvalue weighted by Gasteiger charge is -2.30. The summed E-state index contributed by atoms with van der Waals surface area (Å²) >= 11 is 0. The molecule has 3 unspecified atom stereocenters. The number of hydroxylamine groups is 2. The van der Waals surface area contributed by atoms with Gasteiger partial charge in [0.25, 0.3) is 0 Å². The molecule has 1 aromatic rings. The molecule has 0 fully saturated rings. The van der Waals surface area contributed by atoms with E-state index in [1.54, 1.807) is 19.1 Å². The maximum absolute atomic E-state index is 11.5. The van der Waals surface area contributed by atoms with Crippen molar-refractivity contribution >= 4 is 5.97 Å². The van der Waals surface area contributed by atoms with E-state index in [1.807, 2.05) is 18.9 Å². The van der Waals surface area contributed by atoms with Gasteiger partial charge in [-0.05, 0) is 24.6 Å². The van der Waals surface area contributed by atoms with Gasteiger partial charge in [0, 0.05) is 14.0 Å². The Morgan fingerprint density at radius 2 is 1.80 bits per heavy atom. The first-order valence-corrected chi connectivity index (χ1v) is 7.86. The summed E-state index contributed by atoms with van der Waals surface area (Å²) in [6.45, 7) is 3.68. The molecular weight excluding hydrogens is 328 g/mol. The van der Waals surface area contributed by atoms with Crippen molar-refractivity contribution in [2.24, 2.45) is 0 Å². The number of carboxylic acid groups (broad SMARTS) is 1. The van der Waals surface area contributed by atoms with Crippen molar-refractivity contribution in [3.8, 4) is 17.2 Å². The molecule has 0 aliphatic carbocycles. The summed E-state index contributed by atoms with van der Waals surface area (Å²) in [5.74, 6) is -1.32. The number of hydrogen-bond donors (Lipinski definition) is 4. The average Bonchev–Trinajstić information content (AvgIpc) is 2.76. The lowest BCUT2D eigenvalue weighted by Crippen LogP contribution is -3.12. The molecule has 3 atom stereocenters. The third kappa shape index (κ3) is 3.35. The number of aliphatic carboxylic acids is 1. The summed E-state index contributed by atoms with van der Waals surface area (Å²) < 4.78 is 10.3. The molecule has 1 aliphatic heterocycles. The number of rotatable bonds is 6. The molecule has 138 valence electrons. The van der Waals surface area contributed by atoms with Gasteiger partial charge < -0.3 is 24.6 Å². The lowest BCUT2D eigenvalue weighted by atomic mass is 9.91. The number of phenols is 1. The highest BCUT2D eigenvalue weighted by molar-refractivity contribution is 5.68. The van der Waals surface area contributed by atoms with E-state index in [-0.39, 0.29) is 28.7 Å². The smallest absolute Gasteiger partial charge is 0.304 e. The van der Waals surface area contributed by atoms with Crippen molar-refractivity contribution in [2.45, 2.75) is 32.4 Å². The second kappa shape index (κ2) is 7.20. The predicted octanol–water partition coefficient (Wildman–Crippen LogP) is 0.765. The molecule has 0 amide bonds. The number of quaternary nitrogens is 1. The summed E-state index contributed by atoms with van der Waals surface area (Å²) in [7, 11) is 4.63. The zero-order chi connectivity index (χ0) is 18.9. The SMILES string of the molecule is COc1cc(C(CC(=O)O)C2N(C)C(C)=C(C)[NH+]2O)cc(OC)c1O. The van der Waals surface area contributed by atoms with E-state index in [4.69, 9.17) is 9.47 Å².